The topological polar surface area (TPSA) is 23.8 Å². The van der Waals surface area contributed by atoms with Crippen LogP contribution in [0.4, 0.5) is 0 Å². The van der Waals surface area contributed by atoms with Crippen LogP contribution in [0, 0.1) is 11.3 Å². The molecular formula is C10H10ClNS. The van der Waals surface area contributed by atoms with Gasteiger partial charge in [-0.05, 0) is 26.0 Å². The second-order valence-corrected chi connectivity index (χ2v) is 5.23. The van der Waals surface area contributed by atoms with Crippen LogP contribution in [0.2, 0.25) is 5.02 Å². The van der Waals surface area contributed by atoms with Crippen molar-refractivity contribution in [1.29, 1.82) is 5.26 Å². The van der Waals surface area contributed by atoms with Crippen LogP contribution in [0.3, 0.4) is 0 Å². The highest BCUT2D eigenvalue weighted by Crippen LogP contribution is 2.35. The van der Waals surface area contributed by atoms with E-state index in [1.54, 1.807) is 0 Å². The summed E-state index contributed by atoms with van der Waals surface area (Å²) in [6, 6.07) is 9.77. The number of benzene rings is 1. The van der Waals surface area contributed by atoms with Gasteiger partial charge in [-0.3, -0.25) is 0 Å². The van der Waals surface area contributed by atoms with Gasteiger partial charge in [0, 0.05) is 4.90 Å². The second kappa shape index (κ2) is 4.04. The Kier molecular flexibility index (Phi) is 3.24. The van der Waals surface area contributed by atoms with E-state index in [4.69, 9.17) is 16.9 Å². The van der Waals surface area contributed by atoms with Crippen molar-refractivity contribution in [2.45, 2.75) is 23.5 Å². The van der Waals surface area contributed by atoms with Gasteiger partial charge in [-0.25, -0.2) is 0 Å². The first kappa shape index (κ1) is 10.4. The molecule has 0 aliphatic rings. The van der Waals surface area contributed by atoms with E-state index >= 15 is 0 Å². The molecule has 0 atom stereocenters. The van der Waals surface area contributed by atoms with Crippen molar-refractivity contribution < 1.29 is 0 Å². The third-order valence-electron chi connectivity index (χ3n) is 1.47. The first-order valence-electron chi connectivity index (χ1n) is 3.90. The first-order chi connectivity index (χ1) is 6.05. The zero-order valence-corrected chi connectivity index (χ0v) is 9.12. The van der Waals surface area contributed by atoms with E-state index in [1.807, 2.05) is 38.1 Å². The van der Waals surface area contributed by atoms with Crippen molar-refractivity contribution in [3.05, 3.63) is 29.3 Å². The molecule has 0 fully saturated rings. The van der Waals surface area contributed by atoms with E-state index in [9.17, 15) is 0 Å². The number of hydrogen-bond donors (Lipinski definition) is 0. The van der Waals surface area contributed by atoms with Crippen molar-refractivity contribution in [3.63, 3.8) is 0 Å². The third-order valence-corrected chi connectivity index (χ3v) is 3.09. The van der Waals surface area contributed by atoms with E-state index < -0.39 is 4.75 Å². The Bertz CT molecular complexity index is 341. The maximum Gasteiger partial charge on any atom is 0.101 e. The number of halogens is 1. The van der Waals surface area contributed by atoms with Gasteiger partial charge in [-0.1, -0.05) is 23.7 Å². The zero-order valence-electron chi connectivity index (χ0n) is 7.54. The fourth-order valence-corrected chi connectivity index (χ4v) is 1.98. The molecule has 0 aliphatic heterocycles. The number of nitrogens with zero attached hydrogens (tertiary/aromatic N) is 1. The fourth-order valence-electron chi connectivity index (χ4n) is 0.825. The van der Waals surface area contributed by atoms with Crippen molar-refractivity contribution in [2.75, 3.05) is 0 Å². The summed E-state index contributed by atoms with van der Waals surface area (Å²) in [6.45, 7) is 3.75. The summed E-state index contributed by atoms with van der Waals surface area (Å²) >= 11 is 7.44. The van der Waals surface area contributed by atoms with Crippen LogP contribution in [0.25, 0.3) is 0 Å². The fraction of sp³-hybridized carbons (Fsp3) is 0.300. The lowest BCUT2D eigenvalue weighted by Crippen LogP contribution is -2.09. The summed E-state index contributed by atoms with van der Waals surface area (Å²) in [5, 5.41) is 9.54. The molecule has 0 bridgehead atoms. The molecule has 0 unspecified atom stereocenters. The van der Waals surface area contributed by atoms with Crippen LogP contribution in [-0.2, 0) is 0 Å². The molecule has 1 rings (SSSR count). The molecule has 1 aromatic carbocycles. The van der Waals surface area contributed by atoms with Gasteiger partial charge in [0.15, 0.2) is 0 Å². The van der Waals surface area contributed by atoms with Gasteiger partial charge >= 0.3 is 0 Å². The quantitative estimate of drug-likeness (QED) is 0.696. The Balaban J connectivity index is 2.88. The smallest absolute Gasteiger partial charge is 0.101 e. The summed E-state index contributed by atoms with van der Waals surface area (Å²) in [6.07, 6.45) is 0. The molecule has 13 heavy (non-hydrogen) atoms. The second-order valence-electron chi connectivity index (χ2n) is 3.15. The lowest BCUT2D eigenvalue weighted by Gasteiger charge is -2.14. The largest absolute Gasteiger partial charge is 0.197 e. The normalized spacial score (nSPS) is 10.9. The van der Waals surface area contributed by atoms with Crippen LogP contribution < -0.4 is 0 Å². The monoisotopic (exact) mass is 211 g/mol. The van der Waals surface area contributed by atoms with Gasteiger partial charge in [-0.15, -0.1) is 11.8 Å². The summed E-state index contributed by atoms with van der Waals surface area (Å²) in [5.74, 6) is 0. The number of nitriles is 1. The van der Waals surface area contributed by atoms with E-state index in [0.29, 0.717) is 5.02 Å². The van der Waals surface area contributed by atoms with Gasteiger partial charge in [0.1, 0.15) is 4.75 Å². The molecule has 1 nitrogen and oxygen atoms in total. The standard InChI is InChI=1S/C10H10ClNS/c1-10(2,7-12)13-9-6-4-3-5-8(9)11/h3-6H,1-2H3. The number of hydrogen-bond acceptors (Lipinski definition) is 2. The van der Waals surface area contributed by atoms with E-state index in [1.165, 1.54) is 11.8 Å². The van der Waals surface area contributed by atoms with E-state index in [2.05, 4.69) is 6.07 Å². The lowest BCUT2D eigenvalue weighted by molar-refractivity contribution is 0.913. The van der Waals surface area contributed by atoms with Crippen LogP contribution >= 0.6 is 23.4 Å². The number of rotatable bonds is 2. The van der Waals surface area contributed by atoms with Gasteiger partial charge in [0.25, 0.3) is 0 Å². The Morgan fingerprint density at radius 1 is 1.38 bits per heavy atom. The highest BCUT2D eigenvalue weighted by Gasteiger charge is 2.19. The van der Waals surface area contributed by atoms with Crippen molar-refractivity contribution >= 4 is 23.4 Å². The third kappa shape index (κ3) is 2.95. The van der Waals surface area contributed by atoms with Gasteiger partial charge < -0.3 is 0 Å². The van der Waals surface area contributed by atoms with Crippen LogP contribution in [0.5, 0.6) is 0 Å². The molecule has 3 heteroatoms. The first-order valence-corrected chi connectivity index (χ1v) is 5.09. The predicted molar refractivity (Wildman–Crippen MR) is 57.0 cm³/mol. The van der Waals surface area contributed by atoms with Gasteiger partial charge in [-0.2, -0.15) is 5.26 Å². The maximum absolute atomic E-state index is 8.83. The highest BCUT2D eigenvalue weighted by atomic mass is 35.5. The van der Waals surface area contributed by atoms with Gasteiger partial charge in [0.05, 0.1) is 11.1 Å². The summed E-state index contributed by atoms with van der Waals surface area (Å²) < 4.78 is -0.426. The molecule has 0 saturated carbocycles. The molecule has 0 amide bonds. The SMILES string of the molecule is CC(C)(C#N)Sc1ccccc1Cl. The summed E-state index contributed by atoms with van der Waals surface area (Å²) in [7, 11) is 0. The average Bonchev–Trinajstić information content (AvgIpc) is 2.09. The van der Waals surface area contributed by atoms with Crippen LogP contribution in [-0.4, -0.2) is 4.75 Å². The molecule has 0 radical (unpaired) electrons. The molecule has 0 heterocycles. The highest BCUT2D eigenvalue weighted by molar-refractivity contribution is 8.01. The lowest BCUT2D eigenvalue weighted by atomic mass is 10.2. The van der Waals surface area contributed by atoms with Gasteiger partial charge in [0.2, 0.25) is 0 Å². The maximum atomic E-state index is 8.83. The van der Waals surface area contributed by atoms with Crippen molar-refractivity contribution in [2.24, 2.45) is 0 Å². The molecule has 0 saturated heterocycles. The van der Waals surface area contributed by atoms with E-state index in [0.717, 1.165) is 4.90 Å². The minimum atomic E-state index is -0.426. The molecule has 0 aliphatic carbocycles. The van der Waals surface area contributed by atoms with Crippen LogP contribution in [0.1, 0.15) is 13.8 Å². The summed E-state index contributed by atoms with van der Waals surface area (Å²) in [5.41, 5.74) is 0. The Hall–Kier alpha value is -0.650. The molecule has 0 aromatic heterocycles. The molecular weight excluding hydrogens is 202 g/mol. The molecule has 1 aromatic rings. The van der Waals surface area contributed by atoms with Crippen molar-refractivity contribution in [1.82, 2.24) is 0 Å². The predicted octanol–water partition coefficient (Wildman–Crippen LogP) is 3.73. The molecule has 0 N–H and O–H groups in total. The molecule has 68 valence electrons. The number of thioether (sulfide) groups is 1. The van der Waals surface area contributed by atoms with Crippen molar-refractivity contribution in [3.8, 4) is 6.07 Å². The molecule has 0 spiro atoms. The minimum absolute atomic E-state index is 0.426. The van der Waals surface area contributed by atoms with Crippen LogP contribution in [0.15, 0.2) is 29.2 Å². The average molecular weight is 212 g/mol. The summed E-state index contributed by atoms with van der Waals surface area (Å²) in [4.78, 5) is 0.954. The Morgan fingerprint density at radius 2 is 2.00 bits per heavy atom. The zero-order chi connectivity index (χ0) is 9.90. The van der Waals surface area contributed by atoms with E-state index in [-0.39, 0.29) is 0 Å². The Morgan fingerprint density at radius 3 is 2.54 bits per heavy atom. The Labute approximate surface area is 87.7 Å². The minimum Gasteiger partial charge on any atom is -0.197 e.